The van der Waals surface area contributed by atoms with Crippen molar-refractivity contribution in [1.82, 2.24) is 4.57 Å². The molecule has 0 unspecified atom stereocenters. The molecule has 0 amide bonds. The van der Waals surface area contributed by atoms with Gasteiger partial charge in [-0.15, -0.1) is 0 Å². The second kappa shape index (κ2) is 7.13. The highest BCUT2D eigenvalue weighted by Gasteiger charge is 2.05. The molecule has 1 N–H and O–H groups in total. The second-order valence-electron chi connectivity index (χ2n) is 2.66. The van der Waals surface area contributed by atoms with Crippen molar-refractivity contribution >= 4 is 23.0 Å². The quantitative estimate of drug-likeness (QED) is 0.329. The summed E-state index contributed by atoms with van der Waals surface area (Å²) in [5, 5.41) is 8.47. The van der Waals surface area contributed by atoms with Crippen LogP contribution >= 0.6 is 0 Å². The molecular formula is C7H11N3O4S2. The van der Waals surface area contributed by atoms with Crippen LogP contribution in [0.25, 0.3) is 0 Å². The minimum absolute atomic E-state index is 0.0759. The molecule has 1 heterocycles. The molecule has 0 radical (unpaired) electrons. The number of hydrogen-bond donors (Lipinski definition) is 1. The van der Waals surface area contributed by atoms with Crippen LogP contribution in [-0.2, 0) is 40.8 Å². The molecule has 0 spiro atoms. The largest absolute Gasteiger partial charge is 0.696 e. The van der Waals surface area contributed by atoms with Gasteiger partial charge in [0.1, 0.15) is 25.5 Å². The summed E-state index contributed by atoms with van der Waals surface area (Å²) in [5.74, 6) is 0. The van der Waals surface area contributed by atoms with Gasteiger partial charge in [-0.1, -0.05) is 5.40 Å². The standard InChI is InChI=1S/C6H10N2O4S.CHNS/c1-7-2-3-8(6-7)4-5-12-13(9,10)11;2-1-3/h2-3,6H,4-5H2,1H3;3H. The van der Waals surface area contributed by atoms with Crippen LogP contribution in [-0.4, -0.2) is 24.1 Å². The highest BCUT2D eigenvalue weighted by molar-refractivity contribution is 7.80. The summed E-state index contributed by atoms with van der Waals surface area (Å²) in [7, 11) is -2.46. The topological polar surface area (TPSA) is 96.2 Å². The van der Waals surface area contributed by atoms with Gasteiger partial charge in [0.05, 0.1) is 7.05 Å². The van der Waals surface area contributed by atoms with Crippen molar-refractivity contribution in [2.45, 2.75) is 6.54 Å². The van der Waals surface area contributed by atoms with E-state index in [1.807, 2.05) is 17.8 Å². The zero-order valence-electron chi connectivity index (χ0n) is 8.48. The van der Waals surface area contributed by atoms with Crippen LogP contribution in [0, 0.1) is 10.7 Å². The number of nitriles is 1. The number of hydrogen-bond acceptors (Lipinski definition) is 5. The summed E-state index contributed by atoms with van der Waals surface area (Å²) < 4.78 is 36.2. The van der Waals surface area contributed by atoms with Crippen LogP contribution in [0.15, 0.2) is 18.7 Å². The number of thiocyanates is 1. The lowest BCUT2D eigenvalue weighted by molar-refractivity contribution is -0.671. The van der Waals surface area contributed by atoms with Gasteiger partial charge in [0.2, 0.25) is 6.33 Å². The summed E-state index contributed by atoms with van der Waals surface area (Å²) in [6, 6.07) is 0. The second-order valence-corrected chi connectivity index (χ2v) is 3.93. The molecule has 0 aliphatic carbocycles. The summed E-state index contributed by atoms with van der Waals surface area (Å²) in [6.45, 7) is 0.300. The molecule has 1 aromatic heterocycles. The molecule has 90 valence electrons. The number of imidazole rings is 1. The Morgan fingerprint density at radius 1 is 1.69 bits per heavy atom. The van der Waals surface area contributed by atoms with E-state index in [4.69, 9.17) is 9.81 Å². The molecule has 0 aliphatic rings. The summed E-state index contributed by atoms with van der Waals surface area (Å²) in [5.41, 5.74) is 0. The van der Waals surface area contributed by atoms with Crippen molar-refractivity contribution in [3.05, 3.63) is 18.7 Å². The molecule has 0 aromatic carbocycles. The van der Waals surface area contributed by atoms with Gasteiger partial charge >= 0.3 is 10.4 Å². The zero-order chi connectivity index (χ0) is 12.6. The molecule has 0 saturated heterocycles. The third-order valence-corrected chi connectivity index (χ3v) is 1.87. The van der Waals surface area contributed by atoms with E-state index in [-0.39, 0.29) is 6.61 Å². The first-order chi connectivity index (χ1) is 7.39. The molecule has 7 nitrogen and oxygen atoms in total. The number of aromatic nitrogens is 2. The van der Waals surface area contributed by atoms with Gasteiger partial charge in [0.15, 0.2) is 0 Å². The Hall–Kier alpha value is -1.21. The van der Waals surface area contributed by atoms with Gasteiger partial charge in [-0.2, -0.15) is 8.42 Å². The van der Waals surface area contributed by atoms with E-state index in [0.29, 0.717) is 6.54 Å². The van der Waals surface area contributed by atoms with Crippen LogP contribution in [0.1, 0.15) is 0 Å². The molecule has 16 heavy (non-hydrogen) atoms. The smallest absolute Gasteiger partial charge is 0.397 e. The van der Waals surface area contributed by atoms with Crippen LogP contribution in [0.3, 0.4) is 0 Å². The van der Waals surface area contributed by atoms with E-state index in [9.17, 15) is 8.42 Å². The van der Waals surface area contributed by atoms with E-state index in [1.54, 1.807) is 17.1 Å². The minimum atomic E-state index is -4.31. The Labute approximate surface area is 99.2 Å². The minimum Gasteiger partial charge on any atom is -0.696 e. The third kappa shape index (κ3) is 8.13. The molecule has 0 aliphatic heterocycles. The molecule has 0 saturated carbocycles. The van der Waals surface area contributed by atoms with Gasteiger partial charge in [0, 0.05) is 0 Å². The van der Waals surface area contributed by atoms with Crippen molar-refractivity contribution in [2.75, 3.05) is 6.61 Å². The fraction of sp³-hybridized carbons (Fsp3) is 0.429. The summed E-state index contributed by atoms with van der Waals surface area (Å²) >= 11 is 3.70. The average molecular weight is 265 g/mol. The van der Waals surface area contributed by atoms with Gasteiger partial charge in [0.25, 0.3) is 0 Å². The first-order valence-corrected chi connectivity index (χ1v) is 5.80. The summed E-state index contributed by atoms with van der Waals surface area (Å²) in [6.07, 6.45) is 5.36. The molecule has 0 atom stereocenters. The Morgan fingerprint density at radius 3 is 2.62 bits per heavy atom. The highest BCUT2D eigenvalue weighted by Crippen LogP contribution is 1.89. The van der Waals surface area contributed by atoms with E-state index in [0.717, 1.165) is 0 Å². The molecular weight excluding hydrogens is 254 g/mol. The van der Waals surface area contributed by atoms with Crippen molar-refractivity contribution in [1.29, 1.82) is 5.26 Å². The molecule has 0 bridgehead atoms. The maximum absolute atomic E-state index is 10.1. The van der Waals surface area contributed by atoms with Crippen molar-refractivity contribution in [3.8, 4) is 5.40 Å². The normalized spacial score (nSPS) is 10.1. The Balaban J connectivity index is 0.000000673. The average Bonchev–Trinajstić information content (AvgIpc) is 2.50. The van der Waals surface area contributed by atoms with Crippen LogP contribution in [0.4, 0.5) is 0 Å². The lowest BCUT2D eigenvalue weighted by atomic mass is 10.7. The predicted octanol–water partition coefficient (Wildman–Crippen LogP) is -0.854. The van der Waals surface area contributed by atoms with Gasteiger partial charge in [-0.3, -0.25) is 4.55 Å². The van der Waals surface area contributed by atoms with E-state index < -0.39 is 10.4 Å². The predicted molar refractivity (Wildman–Crippen MR) is 56.1 cm³/mol. The molecule has 1 rings (SSSR count). The Kier molecular flexibility index (Phi) is 6.59. The van der Waals surface area contributed by atoms with Crippen LogP contribution in [0.2, 0.25) is 0 Å². The Morgan fingerprint density at radius 2 is 2.25 bits per heavy atom. The lowest BCUT2D eigenvalue weighted by Gasteiger charge is -1.96. The maximum Gasteiger partial charge on any atom is 0.397 e. The number of nitrogens with zero attached hydrogens (tertiary/aromatic N) is 3. The van der Waals surface area contributed by atoms with Crippen molar-refractivity contribution < 1.29 is 21.7 Å². The Bertz CT molecular complexity index is 448. The lowest BCUT2D eigenvalue weighted by Crippen LogP contribution is -2.24. The van der Waals surface area contributed by atoms with E-state index >= 15 is 0 Å². The molecule has 9 heteroatoms. The molecule has 0 fully saturated rings. The first-order valence-electron chi connectivity index (χ1n) is 4.03. The highest BCUT2D eigenvalue weighted by atomic mass is 32.3. The monoisotopic (exact) mass is 265 g/mol. The van der Waals surface area contributed by atoms with Crippen molar-refractivity contribution in [2.24, 2.45) is 7.05 Å². The van der Waals surface area contributed by atoms with Crippen LogP contribution < -0.4 is 4.57 Å². The van der Waals surface area contributed by atoms with Gasteiger partial charge in [-0.05, 0) is 0 Å². The number of rotatable bonds is 4. The number of aryl methyl sites for hydroxylation is 1. The van der Waals surface area contributed by atoms with Crippen molar-refractivity contribution in [3.63, 3.8) is 0 Å². The van der Waals surface area contributed by atoms with E-state index in [2.05, 4.69) is 16.8 Å². The summed E-state index contributed by atoms with van der Waals surface area (Å²) in [4.78, 5) is 0. The fourth-order valence-electron chi connectivity index (χ4n) is 0.882. The van der Waals surface area contributed by atoms with Gasteiger partial charge in [-0.25, -0.2) is 18.6 Å². The van der Waals surface area contributed by atoms with Gasteiger partial charge < -0.3 is 12.6 Å². The third-order valence-electron chi connectivity index (χ3n) is 1.41. The first kappa shape index (κ1) is 14.8. The molecule has 1 aromatic rings. The maximum atomic E-state index is 10.1. The SMILES string of the molecule is C[n+]1ccn(CCOS(=O)(=O)O)c1.N#C[S-]. The zero-order valence-corrected chi connectivity index (χ0v) is 10.1. The fourth-order valence-corrected chi connectivity index (χ4v) is 1.17. The van der Waals surface area contributed by atoms with E-state index in [1.165, 1.54) is 5.40 Å². The van der Waals surface area contributed by atoms with Crippen LogP contribution in [0.5, 0.6) is 0 Å².